The smallest absolute Gasteiger partial charge is 0.322 e. The predicted octanol–water partition coefficient (Wildman–Crippen LogP) is 2.09. The first-order chi connectivity index (χ1) is 14.3. The van der Waals surface area contributed by atoms with Gasteiger partial charge in [0.1, 0.15) is 11.5 Å². The fourth-order valence-corrected chi connectivity index (χ4v) is 4.38. The van der Waals surface area contributed by atoms with Gasteiger partial charge in [-0.05, 0) is 42.3 Å². The molecule has 2 unspecified atom stereocenters. The maximum atomic E-state index is 13.8. The number of carbonyl (C=O) groups is 2. The van der Waals surface area contributed by atoms with E-state index in [1.807, 2.05) is 18.2 Å². The number of halogens is 1. The molecule has 3 heterocycles. The molecule has 7 nitrogen and oxygen atoms in total. The lowest BCUT2D eigenvalue weighted by atomic mass is 9.88. The van der Waals surface area contributed by atoms with Gasteiger partial charge in [0, 0.05) is 30.2 Å². The molecule has 152 valence electrons. The number of fused-ring (bicyclic) bond motifs is 2. The largest absolute Gasteiger partial charge is 0.372 e. The van der Waals surface area contributed by atoms with Crippen molar-refractivity contribution in [3.63, 3.8) is 0 Å². The zero-order chi connectivity index (χ0) is 21.1. The fourth-order valence-electron chi connectivity index (χ4n) is 4.38. The summed E-state index contributed by atoms with van der Waals surface area (Å²) >= 11 is 0. The van der Waals surface area contributed by atoms with Gasteiger partial charge in [0.05, 0.1) is 5.52 Å². The number of carbonyl (C=O) groups excluding carboxylic acids is 2. The van der Waals surface area contributed by atoms with Gasteiger partial charge in [-0.3, -0.25) is 20.0 Å². The Kier molecular flexibility index (Phi) is 3.93. The maximum Gasteiger partial charge on any atom is 0.322 e. The molecule has 30 heavy (non-hydrogen) atoms. The Morgan fingerprint density at radius 2 is 2.03 bits per heavy atom. The minimum Gasteiger partial charge on any atom is -0.372 e. The van der Waals surface area contributed by atoms with Crippen molar-refractivity contribution in [1.82, 2.24) is 20.5 Å². The molecule has 0 bridgehead atoms. The summed E-state index contributed by atoms with van der Waals surface area (Å²) in [5, 5.41) is 17.1. The monoisotopic (exact) mass is 406 g/mol. The van der Waals surface area contributed by atoms with Crippen LogP contribution in [0.4, 0.5) is 9.18 Å². The van der Waals surface area contributed by atoms with Gasteiger partial charge in [0.2, 0.25) is 0 Å². The van der Waals surface area contributed by atoms with Crippen molar-refractivity contribution in [2.45, 2.75) is 24.7 Å². The van der Waals surface area contributed by atoms with E-state index < -0.39 is 29.0 Å². The van der Waals surface area contributed by atoms with Crippen LogP contribution in [-0.4, -0.2) is 33.5 Å². The highest BCUT2D eigenvalue weighted by Gasteiger charge is 2.52. The van der Waals surface area contributed by atoms with Crippen LogP contribution in [0.1, 0.15) is 23.6 Å². The molecule has 1 saturated heterocycles. The van der Waals surface area contributed by atoms with Gasteiger partial charge in [0.15, 0.2) is 5.54 Å². The summed E-state index contributed by atoms with van der Waals surface area (Å²) in [5.74, 6) is -0.959. The molecule has 3 aromatic rings. The van der Waals surface area contributed by atoms with Crippen LogP contribution < -0.4 is 10.6 Å². The predicted molar refractivity (Wildman–Crippen MR) is 106 cm³/mol. The lowest BCUT2D eigenvalue weighted by Crippen LogP contribution is -2.55. The molecule has 2 atom stereocenters. The van der Waals surface area contributed by atoms with Gasteiger partial charge in [-0.15, -0.1) is 0 Å². The molecule has 0 spiro atoms. The lowest BCUT2D eigenvalue weighted by Gasteiger charge is -2.37. The Bertz CT molecular complexity index is 1210. The van der Waals surface area contributed by atoms with Crippen molar-refractivity contribution >= 4 is 22.8 Å². The van der Waals surface area contributed by atoms with Crippen molar-refractivity contribution in [3.05, 3.63) is 77.2 Å². The molecule has 3 amide bonds. The van der Waals surface area contributed by atoms with Crippen molar-refractivity contribution < 1.29 is 19.1 Å². The molecule has 1 aromatic heterocycles. The first kappa shape index (κ1) is 18.7. The Balaban J connectivity index is 1.59. The van der Waals surface area contributed by atoms with Crippen molar-refractivity contribution in [2.75, 3.05) is 6.54 Å². The molecule has 3 N–H and O–H groups in total. The van der Waals surface area contributed by atoms with Crippen LogP contribution in [-0.2, 0) is 22.6 Å². The Morgan fingerprint density at radius 1 is 1.20 bits per heavy atom. The van der Waals surface area contributed by atoms with E-state index >= 15 is 0 Å². The first-order valence-corrected chi connectivity index (χ1v) is 9.55. The zero-order valence-corrected chi connectivity index (χ0v) is 16.1. The van der Waals surface area contributed by atoms with Crippen LogP contribution in [0.25, 0.3) is 10.9 Å². The number of urea groups is 1. The molecule has 8 heteroatoms. The van der Waals surface area contributed by atoms with E-state index in [4.69, 9.17) is 0 Å². The maximum absolute atomic E-state index is 13.8. The van der Waals surface area contributed by atoms with E-state index in [9.17, 15) is 19.1 Å². The number of pyridine rings is 1. The molecule has 2 aromatic carbocycles. The summed E-state index contributed by atoms with van der Waals surface area (Å²) in [6.45, 7) is 1.86. The van der Waals surface area contributed by atoms with Gasteiger partial charge in [-0.2, -0.15) is 0 Å². The molecular weight excluding hydrogens is 387 g/mol. The fraction of sp³-hybridized carbons (Fsp3) is 0.227. The summed E-state index contributed by atoms with van der Waals surface area (Å²) in [6, 6.07) is 12.8. The summed E-state index contributed by atoms with van der Waals surface area (Å²) in [7, 11) is 0. The van der Waals surface area contributed by atoms with E-state index in [2.05, 4.69) is 15.6 Å². The molecule has 2 aliphatic heterocycles. The Morgan fingerprint density at radius 3 is 2.80 bits per heavy atom. The number of nitrogens with one attached hydrogen (secondary N) is 2. The molecular formula is C22H19FN4O3. The Hall–Kier alpha value is -3.36. The normalized spacial score (nSPS) is 26.0. The SMILES string of the molecule is CC1(O)c2cc(F)ccc2CN1CC1(c2ccc3cccnc3c2)NC(=O)NC1=O. The van der Waals surface area contributed by atoms with Crippen LogP contribution in [0.3, 0.4) is 0 Å². The van der Waals surface area contributed by atoms with Crippen molar-refractivity contribution in [3.8, 4) is 0 Å². The van der Waals surface area contributed by atoms with Crippen LogP contribution in [0.5, 0.6) is 0 Å². The third kappa shape index (κ3) is 2.68. The molecule has 1 fully saturated rings. The van der Waals surface area contributed by atoms with Crippen LogP contribution in [0.15, 0.2) is 54.7 Å². The quantitative estimate of drug-likeness (QED) is 0.579. The third-order valence-electron chi connectivity index (χ3n) is 6.03. The van der Waals surface area contributed by atoms with Crippen LogP contribution >= 0.6 is 0 Å². The van der Waals surface area contributed by atoms with Crippen LogP contribution in [0.2, 0.25) is 0 Å². The van der Waals surface area contributed by atoms with Crippen molar-refractivity contribution in [2.24, 2.45) is 0 Å². The number of imide groups is 1. The topological polar surface area (TPSA) is 94.6 Å². The minimum absolute atomic E-state index is 0.00773. The lowest BCUT2D eigenvalue weighted by molar-refractivity contribution is -0.131. The number of hydrogen-bond acceptors (Lipinski definition) is 5. The van der Waals surface area contributed by atoms with E-state index in [-0.39, 0.29) is 6.54 Å². The average molecular weight is 406 g/mol. The summed E-state index contributed by atoms with van der Waals surface area (Å²) < 4.78 is 13.8. The number of hydrogen-bond donors (Lipinski definition) is 3. The van der Waals surface area contributed by atoms with E-state index in [0.717, 1.165) is 10.9 Å². The van der Waals surface area contributed by atoms with E-state index in [1.54, 1.807) is 36.2 Å². The molecule has 5 rings (SSSR count). The van der Waals surface area contributed by atoms with Gasteiger partial charge < -0.3 is 10.4 Å². The zero-order valence-electron chi connectivity index (χ0n) is 16.1. The first-order valence-electron chi connectivity index (χ1n) is 9.55. The number of aliphatic hydroxyl groups is 1. The highest BCUT2D eigenvalue weighted by molar-refractivity contribution is 6.08. The van der Waals surface area contributed by atoms with Gasteiger partial charge in [-0.25, -0.2) is 9.18 Å². The minimum atomic E-state index is -1.51. The average Bonchev–Trinajstić information content (AvgIpc) is 3.14. The van der Waals surface area contributed by atoms with Crippen molar-refractivity contribution in [1.29, 1.82) is 0 Å². The van der Waals surface area contributed by atoms with Gasteiger partial charge in [0.25, 0.3) is 5.91 Å². The standard InChI is InChI=1S/C22H19FN4O3/c1-21(30)17-10-16(23)7-5-14(17)11-27(21)12-22(19(28)25-20(29)26-22)15-6-4-13-3-2-8-24-18(13)9-15/h2-10,30H,11-12H2,1H3,(H2,25,26,28,29). The highest BCUT2D eigenvalue weighted by atomic mass is 19.1. The number of rotatable bonds is 3. The van der Waals surface area contributed by atoms with Gasteiger partial charge in [-0.1, -0.05) is 24.3 Å². The van der Waals surface area contributed by atoms with Gasteiger partial charge >= 0.3 is 6.03 Å². The number of benzene rings is 2. The molecule has 2 aliphatic rings. The highest BCUT2D eigenvalue weighted by Crippen LogP contribution is 2.40. The summed E-state index contributed by atoms with van der Waals surface area (Å²) in [6.07, 6.45) is 1.66. The number of nitrogens with zero attached hydrogens (tertiary/aromatic N) is 2. The summed E-state index contributed by atoms with van der Waals surface area (Å²) in [5.41, 5.74) is -0.485. The molecule has 0 aliphatic carbocycles. The second-order valence-electron chi connectivity index (χ2n) is 7.90. The Labute approximate surface area is 171 Å². The third-order valence-corrected chi connectivity index (χ3v) is 6.03. The molecule has 0 saturated carbocycles. The van der Waals surface area contributed by atoms with E-state index in [1.165, 1.54) is 12.1 Å². The second kappa shape index (κ2) is 6.32. The van der Waals surface area contributed by atoms with Crippen LogP contribution in [0, 0.1) is 5.82 Å². The van der Waals surface area contributed by atoms with E-state index in [0.29, 0.717) is 23.2 Å². The molecule has 0 radical (unpaired) electrons. The number of amides is 3. The summed E-state index contributed by atoms with van der Waals surface area (Å²) in [4.78, 5) is 31.1. The number of aromatic nitrogens is 1. The second-order valence-corrected chi connectivity index (χ2v) is 7.90.